The first-order valence-corrected chi connectivity index (χ1v) is 30.9. The molecular formula is C66H103O11P. The predicted octanol–water partition coefficient (Wildman–Crippen LogP) is 17.7. The number of phosphoric ester groups is 1. The topological polar surface area (TPSA) is 155 Å². The van der Waals surface area contributed by atoms with Gasteiger partial charge in [-0.05, 0) is 122 Å². The molecule has 0 heterocycles. The lowest BCUT2D eigenvalue weighted by atomic mass is 10.1. The molecule has 0 aliphatic heterocycles. The molecule has 0 bridgehead atoms. The summed E-state index contributed by atoms with van der Waals surface area (Å²) in [5, 5.41) is 9.82. The van der Waals surface area contributed by atoms with Crippen molar-refractivity contribution in [2.75, 3.05) is 26.4 Å². The van der Waals surface area contributed by atoms with Crippen LogP contribution in [0.15, 0.2) is 158 Å². The van der Waals surface area contributed by atoms with Crippen molar-refractivity contribution >= 4 is 25.7 Å². The Kier molecular flexibility index (Phi) is 54.6. The zero-order valence-electron chi connectivity index (χ0n) is 48.3. The third-order valence-electron chi connectivity index (χ3n) is 11.4. The number of hydrogen-bond donors (Lipinski definition) is 2. The Morgan fingerprint density at radius 2 is 0.692 bits per heavy atom. The quantitative estimate of drug-likeness (QED) is 0.0197. The van der Waals surface area contributed by atoms with Gasteiger partial charge in [-0.25, -0.2) is 4.57 Å². The predicted molar refractivity (Wildman–Crippen MR) is 325 cm³/mol. The molecule has 0 fully saturated rings. The van der Waals surface area contributed by atoms with Crippen LogP contribution in [0.3, 0.4) is 0 Å². The molecule has 0 spiro atoms. The zero-order chi connectivity index (χ0) is 56.9. The van der Waals surface area contributed by atoms with Crippen LogP contribution in [0.1, 0.15) is 201 Å². The van der Waals surface area contributed by atoms with Gasteiger partial charge in [-0.15, -0.1) is 0 Å². The number of hydrogen-bond acceptors (Lipinski definition) is 10. The van der Waals surface area contributed by atoms with Gasteiger partial charge in [0, 0.05) is 19.3 Å². The van der Waals surface area contributed by atoms with Gasteiger partial charge < -0.3 is 24.2 Å². The second-order valence-electron chi connectivity index (χ2n) is 18.7. The summed E-state index contributed by atoms with van der Waals surface area (Å²) in [5.41, 5.74) is 0. The number of esters is 3. The van der Waals surface area contributed by atoms with Crippen LogP contribution in [0.2, 0.25) is 0 Å². The monoisotopic (exact) mass is 1100 g/mol. The lowest BCUT2D eigenvalue weighted by molar-refractivity contribution is -0.161. The van der Waals surface area contributed by atoms with E-state index in [1.54, 1.807) is 0 Å². The average molecular weight is 1100 g/mol. The van der Waals surface area contributed by atoms with Gasteiger partial charge in [0.05, 0.1) is 19.8 Å². The van der Waals surface area contributed by atoms with Gasteiger partial charge in [0.1, 0.15) is 12.7 Å². The Balaban J connectivity index is 4.91. The van der Waals surface area contributed by atoms with Gasteiger partial charge >= 0.3 is 25.7 Å². The lowest BCUT2D eigenvalue weighted by Gasteiger charge is -2.21. The summed E-state index contributed by atoms with van der Waals surface area (Å²) in [6, 6.07) is 0. The molecule has 0 saturated carbocycles. The maximum atomic E-state index is 12.9. The maximum Gasteiger partial charge on any atom is 0.472 e. The SMILES string of the molecule is CC/C=C\C/C=C\C/C=C\C/C=C\C/C=C\C/C=C\CCC(=O)OC(CO)COP(=O)(O)OCC(COC(=O)CCCCCCC/C=C\CCCCCC)OC(=O)CC/C=C\C/C=C\C/C=C\C/C=C\C/C=C\C/C=C\CC. The first-order valence-electron chi connectivity index (χ1n) is 29.4. The Labute approximate surface area is 473 Å². The molecule has 12 heteroatoms. The summed E-state index contributed by atoms with van der Waals surface area (Å²) in [6.45, 7) is 4.20. The van der Waals surface area contributed by atoms with Crippen LogP contribution in [0.5, 0.6) is 0 Å². The second kappa shape index (κ2) is 58.3. The minimum Gasteiger partial charge on any atom is -0.462 e. The minimum absolute atomic E-state index is 0.0261. The molecule has 0 saturated heterocycles. The number of carbonyl (C=O) groups is 3. The molecular weight excluding hydrogens is 1000 g/mol. The summed E-state index contributed by atoms with van der Waals surface area (Å²) in [7, 11) is -4.80. The van der Waals surface area contributed by atoms with Crippen molar-refractivity contribution in [2.45, 2.75) is 213 Å². The van der Waals surface area contributed by atoms with E-state index in [9.17, 15) is 28.9 Å². The van der Waals surface area contributed by atoms with E-state index in [0.717, 1.165) is 103 Å². The first kappa shape index (κ1) is 73.1. The van der Waals surface area contributed by atoms with E-state index < -0.39 is 57.8 Å². The molecule has 0 aliphatic carbocycles. The van der Waals surface area contributed by atoms with Crippen molar-refractivity contribution in [1.82, 2.24) is 0 Å². The lowest BCUT2D eigenvalue weighted by Crippen LogP contribution is -2.30. The van der Waals surface area contributed by atoms with Crippen LogP contribution >= 0.6 is 7.82 Å². The van der Waals surface area contributed by atoms with Crippen molar-refractivity contribution in [1.29, 1.82) is 0 Å². The molecule has 3 atom stereocenters. The fraction of sp³-hybridized carbons (Fsp3) is 0.561. The van der Waals surface area contributed by atoms with E-state index in [4.69, 9.17) is 23.3 Å². The van der Waals surface area contributed by atoms with Gasteiger partial charge in [0.2, 0.25) is 0 Å². The summed E-state index contributed by atoms with van der Waals surface area (Å²) < 4.78 is 39.4. The van der Waals surface area contributed by atoms with E-state index in [0.29, 0.717) is 32.1 Å². The van der Waals surface area contributed by atoms with Crippen molar-refractivity contribution in [3.8, 4) is 0 Å². The number of rotatable bonds is 52. The zero-order valence-corrected chi connectivity index (χ0v) is 49.2. The standard InChI is InChI=1S/C66H103O11P/c1-4-7-10-13-16-19-22-25-27-29-31-33-35-38-41-44-47-50-53-56-65(69)76-62(58-67)60-74-78(71,72)75-61-63(59-73-64(68)55-52-49-46-43-40-37-24-21-18-15-12-9-6-3)77-66(70)57-54-51-48-45-42-39-36-34-32-30-28-26-23-20-17-14-11-8-5-2/h7-8,10-11,16-17,19-21,24-28,31-34,38-39,41-42,47-48,50-51,62-63,67H,4-6,9,12-15,18,22-23,29-30,35-37,40,43-46,49,52-61H2,1-3H3,(H,71,72)/b10-7-,11-8-,19-16-,20-17-,24-21-,27-25-,28-26-,33-31-,34-32-,41-38-,42-39-,50-47-,51-48-. The number of phosphoric acid groups is 1. The van der Waals surface area contributed by atoms with E-state index in [2.05, 4.69) is 154 Å². The Morgan fingerprint density at radius 3 is 1.08 bits per heavy atom. The fourth-order valence-corrected chi connectivity index (χ4v) is 7.83. The molecule has 0 rings (SSSR count). The first-order chi connectivity index (χ1) is 38.2. The van der Waals surface area contributed by atoms with Crippen molar-refractivity contribution in [2.24, 2.45) is 0 Å². The normalized spacial score (nSPS) is 14.5. The smallest absolute Gasteiger partial charge is 0.462 e. The molecule has 0 aliphatic rings. The molecule has 3 unspecified atom stereocenters. The number of ether oxygens (including phenoxy) is 3. The van der Waals surface area contributed by atoms with Crippen LogP contribution in [0.4, 0.5) is 0 Å². The highest BCUT2D eigenvalue weighted by molar-refractivity contribution is 7.47. The highest BCUT2D eigenvalue weighted by Gasteiger charge is 2.28. The third kappa shape index (κ3) is 55.8. The average Bonchev–Trinajstić information content (AvgIpc) is 3.43. The van der Waals surface area contributed by atoms with E-state index in [1.165, 1.54) is 25.7 Å². The highest BCUT2D eigenvalue weighted by atomic mass is 31.2. The third-order valence-corrected chi connectivity index (χ3v) is 12.4. The summed E-state index contributed by atoms with van der Waals surface area (Å²) >= 11 is 0. The van der Waals surface area contributed by atoms with Crippen LogP contribution in [-0.2, 0) is 42.2 Å². The number of aliphatic hydroxyl groups is 1. The number of unbranched alkanes of at least 4 members (excludes halogenated alkanes) is 9. The number of aliphatic hydroxyl groups excluding tert-OH is 1. The fourth-order valence-electron chi connectivity index (χ4n) is 7.05. The van der Waals surface area contributed by atoms with Crippen LogP contribution in [0, 0.1) is 0 Å². The van der Waals surface area contributed by atoms with E-state index in [-0.39, 0.29) is 25.9 Å². The molecule has 2 N–H and O–H groups in total. The van der Waals surface area contributed by atoms with E-state index >= 15 is 0 Å². The summed E-state index contributed by atoms with van der Waals surface area (Å²) in [5.74, 6) is -1.69. The molecule has 0 aromatic heterocycles. The van der Waals surface area contributed by atoms with Gasteiger partial charge in [0.25, 0.3) is 0 Å². The number of allylic oxidation sites excluding steroid dienone is 26. The van der Waals surface area contributed by atoms with Crippen molar-refractivity contribution < 1.29 is 52.2 Å². The van der Waals surface area contributed by atoms with Crippen LogP contribution in [-0.4, -0.2) is 66.5 Å². The van der Waals surface area contributed by atoms with Crippen LogP contribution in [0.25, 0.3) is 0 Å². The summed E-state index contributed by atoms with van der Waals surface area (Å²) in [6.07, 6.45) is 76.6. The van der Waals surface area contributed by atoms with Gasteiger partial charge in [0.15, 0.2) is 6.10 Å². The van der Waals surface area contributed by atoms with Crippen molar-refractivity contribution in [3.05, 3.63) is 158 Å². The number of carbonyl (C=O) groups excluding carboxylic acids is 3. The minimum atomic E-state index is -4.80. The Bertz CT molecular complexity index is 1910. The molecule has 0 amide bonds. The van der Waals surface area contributed by atoms with E-state index in [1.807, 2.05) is 24.3 Å². The molecule has 11 nitrogen and oxygen atoms in total. The Morgan fingerprint density at radius 1 is 0.372 bits per heavy atom. The molecule has 0 radical (unpaired) electrons. The second-order valence-corrected chi connectivity index (χ2v) is 20.1. The molecule has 0 aromatic rings. The molecule has 78 heavy (non-hydrogen) atoms. The maximum absolute atomic E-state index is 12.9. The van der Waals surface area contributed by atoms with Crippen LogP contribution < -0.4 is 0 Å². The molecule has 438 valence electrons. The summed E-state index contributed by atoms with van der Waals surface area (Å²) in [4.78, 5) is 48.5. The van der Waals surface area contributed by atoms with Gasteiger partial charge in [-0.3, -0.25) is 23.4 Å². The molecule has 0 aromatic carbocycles. The Hall–Kier alpha value is -4.90. The van der Waals surface area contributed by atoms with Crippen molar-refractivity contribution in [3.63, 3.8) is 0 Å². The van der Waals surface area contributed by atoms with Gasteiger partial charge in [-0.2, -0.15) is 0 Å². The largest absolute Gasteiger partial charge is 0.472 e. The van der Waals surface area contributed by atoms with Gasteiger partial charge in [-0.1, -0.05) is 217 Å². The highest BCUT2D eigenvalue weighted by Crippen LogP contribution is 2.43.